The summed E-state index contributed by atoms with van der Waals surface area (Å²) >= 11 is 0. The van der Waals surface area contributed by atoms with Gasteiger partial charge in [-0.05, 0) is 61.5 Å². The molecule has 7 heteroatoms. The molecule has 0 bridgehead atoms. The Kier molecular flexibility index (Phi) is 6.52. The molecule has 1 aromatic heterocycles. The van der Waals surface area contributed by atoms with Crippen molar-refractivity contribution < 1.29 is 23.5 Å². The molecule has 2 amide bonds. The first-order valence-electron chi connectivity index (χ1n) is 9.07. The van der Waals surface area contributed by atoms with Crippen LogP contribution >= 0.6 is 0 Å². The number of methoxy groups -OCH3 is 1. The number of hydrogen-bond donors (Lipinski definition) is 2. The van der Waals surface area contributed by atoms with E-state index in [1.165, 1.54) is 0 Å². The number of anilines is 1. The summed E-state index contributed by atoms with van der Waals surface area (Å²) < 4.78 is 15.9. The number of furan rings is 1. The van der Waals surface area contributed by atoms with Gasteiger partial charge in [0, 0.05) is 11.3 Å². The van der Waals surface area contributed by atoms with Gasteiger partial charge < -0.3 is 24.5 Å². The van der Waals surface area contributed by atoms with Gasteiger partial charge in [-0.25, -0.2) is 0 Å². The lowest BCUT2D eigenvalue weighted by molar-refractivity contribution is -0.122. The van der Waals surface area contributed by atoms with Gasteiger partial charge in [-0.15, -0.1) is 0 Å². The Morgan fingerprint density at radius 3 is 2.48 bits per heavy atom. The molecule has 0 aliphatic rings. The van der Waals surface area contributed by atoms with Gasteiger partial charge in [0.2, 0.25) is 0 Å². The summed E-state index contributed by atoms with van der Waals surface area (Å²) in [5.74, 6) is 1.33. The van der Waals surface area contributed by atoms with Crippen LogP contribution in [0.5, 0.6) is 11.5 Å². The predicted molar refractivity (Wildman–Crippen MR) is 108 cm³/mol. The third-order valence-corrected chi connectivity index (χ3v) is 4.14. The molecule has 0 aliphatic heterocycles. The van der Waals surface area contributed by atoms with Gasteiger partial charge >= 0.3 is 0 Å². The number of nitrogens with one attached hydrogen (secondary N) is 2. The molecule has 0 saturated heterocycles. The molecule has 1 atom stereocenters. The zero-order valence-corrected chi connectivity index (χ0v) is 16.2. The minimum atomic E-state index is -0.722. The van der Waals surface area contributed by atoms with Crippen molar-refractivity contribution in [3.63, 3.8) is 0 Å². The van der Waals surface area contributed by atoms with Gasteiger partial charge in [-0.2, -0.15) is 0 Å². The third-order valence-electron chi connectivity index (χ3n) is 4.14. The quantitative estimate of drug-likeness (QED) is 0.609. The van der Waals surface area contributed by atoms with Crippen molar-refractivity contribution in [2.24, 2.45) is 0 Å². The Bertz CT molecular complexity index is 952. The molecule has 0 radical (unpaired) electrons. The van der Waals surface area contributed by atoms with Crippen LogP contribution in [0.1, 0.15) is 23.0 Å². The number of benzene rings is 2. The zero-order chi connectivity index (χ0) is 20.6. The van der Waals surface area contributed by atoms with Crippen LogP contribution < -0.4 is 20.1 Å². The van der Waals surface area contributed by atoms with Crippen LogP contribution in [0.2, 0.25) is 0 Å². The molecular weight excluding hydrogens is 372 g/mol. The van der Waals surface area contributed by atoms with Gasteiger partial charge in [0.25, 0.3) is 11.8 Å². The summed E-state index contributed by atoms with van der Waals surface area (Å²) in [4.78, 5) is 24.7. The summed E-state index contributed by atoms with van der Waals surface area (Å²) in [7, 11) is 1.58. The first-order valence-corrected chi connectivity index (χ1v) is 9.07. The predicted octanol–water partition coefficient (Wildman–Crippen LogP) is 3.62. The van der Waals surface area contributed by atoms with Crippen LogP contribution in [-0.4, -0.2) is 25.0 Å². The van der Waals surface area contributed by atoms with E-state index in [-0.39, 0.29) is 18.4 Å². The molecule has 1 heterocycles. The average Bonchev–Trinajstić information content (AvgIpc) is 3.26. The lowest BCUT2D eigenvalue weighted by Gasteiger charge is -2.15. The maximum atomic E-state index is 12.4. The zero-order valence-electron chi connectivity index (χ0n) is 16.2. The van der Waals surface area contributed by atoms with Crippen LogP contribution in [-0.2, 0) is 11.3 Å². The fourth-order valence-electron chi connectivity index (χ4n) is 2.58. The van der Waals surface area contributed by atoms with Gasteiger partial charge in [0.15, 0.2) is 6.10 Å². The third kappa shape index (κ3) is 5.62. The largest absolute Gasteiger partial charge is 0.497 e. The van der Waals surface area contributed by atoms with E-state index >= 15 is 0 Å². The standard InChI is InChI=1S/C22H22N2O5/c1-15(29-19-10-8-18(27-2)9-11-19)21(25)24-17-6-3-5-16(13-17)22(26)23-14-20-7-4-12-28-20/h3-13,15H,14H2,1-2H3,(H,23,26)(H,24,25). The molecule has 0 fully saturated rings. The molecule has 0 aliphatic carbocycles. The smallest absolute Gasteiger partial charge is 0.265 e. The summed E-state index contributed by atoms with van der Waals surface area (Å²) in [6.07, 6.45) is 0.826. The first-order chi connectivity index (χ1) is 14.0. The lowest BCUT2D eigenvalue weighted by atomic mass is 10.2. The number of carbonyl (C=O) groups is 2. The minimum Gasteiger partial charge on any atom is -0.497 e. The molecule has 1 unspecified atom stereocenters. The molecule has 0 saturated carbocycles. The highest BCUT2D eigenvalue weighted by molar-refractivity contribution is 5.98. The van der Waals surface area contributed by atoms with Crippen molar-refractivity contribution in [3.05, 3.63) is 78.3 Å². The maximum Gasteiger partial charge on any atom is 0.265 e. The Morgan fingerprint density at radius 2 is 1.79 bits per heavy atom. The number of rotatable bonds is 8. The maximum absolute atomic E-state index is 12.4. The van der Waals surface area contributed by atoms with Crippen molar-refractivity contribution in [2.45, 2.75) is 19.6 Å². The normalized spacial score (nSPS) is 11.4. The minimum absolute atomic E-state index is 0.264. The van der Waals surface area contributed by atoms with Crippen LogP contribution in [0.4, 0.5) is 5.69 Å². The van der Waals surface area contributed by atoms with Crippen LogP contribution in [0.15, 0.2) is 71.3 Å². The van der Waals surface area contributed by atoms with Crippen molar-refractivity contribution in [2.75, 3.05) is 12.4 Å². The van der Waals surface area contributed by atoms with Gasteiger partial charge in [-0.1, -0.05) is 6.07 Å². The summed E-state index contributed by atoms with van der Waals surface area (Å²) in [5, 5.41) is 5.53. The fourth-order valence-corrected chi connectivity index (χ4v) is 2.58. The Morgan fingerprint density at radius 1 is 1.03 bits per heavy atom. The molecule has 3 aromatic rings. The van der Waals surface area contributed by atoms with Crippen molar-refractivity contribution >= 4 is 17.5 Å². The van der Waals surface area contributed by atoms with E-state index in [0.717, 1.165) is 0 Å². The second kappa shape index (κ2) is 9.45. The fraction of sp³-hybridized carbons (Fsp3) is 0.182. The first kappa shape index (κ1) is 20.0. The Labute approximate surface area is 168 Å². The van der Waals surface area contributed by atoms with Gasteiger partial charge in [0.05, 0.1) is 19.9 Å². The van der Waals surface area contributed by atoms with Crippen LogP contribution in [0.25, 0.3) is 0 Å². The second-order valence-corrected chi connectivity index (χ2v) is 6.27. The van der Waals surface area contributed by atoms with Crippen molar-refractivity contribution in [1.29, 1.82) is 0 Å². The molecule has 3 rings (SSSR count). The number of carbonyl (C=O) groups excluding carboxylic acids is 2. The Hall–Kier alpha value is -3.74. The lowest BCUT2D eigenvalue weighted by Crippen LogP contribution is -2.30. The van der Waals surface area contributed by atoms with Crippen molar-refractivity contribution in [1.82, 2.24) is 5.32 Å². The van der Waals surface area contributed by atoms with Crippen molar-refractivity contribution in [3.8, 4) is 11.5 Å². The molecule has 7 nitrogen and oxygen atoms in total. The monoisotopic (exact) mass is 394 g/mol. The Balaban J connectivity index is 1.56. The van der Waals surface area contributed by atoms with Gasteiger partial charge in [-0.3, -0.25) is 9.59 Å². The van der Waals surface area contributed by atoms with E-state index in [9.17, 15) is 9.59 Å². The molecule has 2 N–H and O–H groups in total. The highest BCUT2D eigenvalue weighted by atomic mass is 16.5. The summed E-state index contributed by atoms with van der Waals surface area (Å²) in [6.45, 7) is 1.94. The molecule has 2 aromatic carbocycles. The highest BCUT2D eigenvalue weighted by Crippen LogP contribution is 2.19. The second-order valence-electron chi connectivity index (χ2n) is 6.27. The summed E-state index contributed by atoms with van der Waals surface area (Å²) in [5.41, 5.74) is 0.934. The molecule has 0 spiro atoms. The van der Waals surface area contributed by atoms with E-state index in [1.807, 2.05) is 0 Å². The molecule has 150 valence electrons. The van der Waals surface area contributed by atoms with E-state index in [2.05, 4.69) is 10.6 Å². The van der Waals surface area contributed by atoms with E-state index in [0.29, 0.717) is 28.5 Å². The van der Waals surface area contributed by atoms with Gasteiger partial charge in [0.1, 0.15) is 17.3 Å². The van der Waals surface area contributed by atoms with E-state index < -0.39 is 6.10 Å². The van der Waals surface area contributed by atoms with E-state index in [4.69, 9.17) is 13.9 Å². The number of hydrogen-bond acceptors (Lipinski definition) is 5. The molecule has 29 heavy (non-hydrogen) atoms. The highest BCUT2D eigenvalue weighted by Gasteiger charge is 2.16. The number of ether oxygens (including phenoxy) is 2. The molecular formula is C22H22N2O5. The van der Waals surface area contributed by atoms with E-state index in [1.54, 1.807) is 81.0 Å². The average molecular weight is 394 g/mol. The number of amides is 2. The van der Waals surface area contributed by atoms with Crippen LogP contribution in [0.3, 0.4) is 0 Å². The topological polar surface area (TPSA) is 89.8 Å². The SMILES string of the molecule is COc1ccc(OC(C)C(=O)Nc2cccc(C(=O)NCc3ccco3)c2)cc1. The summed E-state index contributed by atoms with van der Waals surface area (Å²) in [6, 6.07) is 17.2. The van der Waals surface area contributed by atoms with Crippen LogP contribution in [0, 0.1) is 0 Å².